The van der Waals surface area contributed by atoms with Gasteiger partial charge in [-0.05, 0) is 70.8 Å². The number of para-hydroxylation sites is 1. The minimum absolute atomic E-state index is 0.153. The molecule has 1 aromatic heterocycles. The Labute approximate surface area is 290 Å². The second-order valence-electron chi connectivity index (χ2n) is 11.7. The van der Waals surface area contributed by atoms with Gasteiger partial charge in [0.05, 0.1) is 24.0 Å². The number of rotatable bonds is 14. The highest BCUT2D eigenvalue weighted by Crippen LogP contribution is 2.38. The summed E-state index contributed by atoms with van der Waals surface area (Å²) in [6.45, 7) is 0.450. The third-order valence-electron chi connectivity index (χ3n) is 8.48. The number of aromatic nitrogens is 1. The molecule has 0 bridgehead atoms. The summed E-state index contributed by atoms with van der Waals surface area (Å²) in [6, 6.07) is 39.3. The maximum absolute atomic E-state index is 13.3. The lowest BCUT2D eigenvalue weighted by atomic mass is 9.97. The van der Waals surface area contributed by atoms with Crippen LogP contribution in [0.5, 0.6) is 5.75 Å². The number of nitrogen functional groups attached to an aromatic ring is 1. The van der Waals surface area contributed by atoms with Crippen LogP contribution in [0.2, 0.25) is 5.02 Å². The van der Waals surface area contributed by atoms with E-state index in [4.69, 9.17) is 22.1 Å². The van der Waals surface area contributed by atoms with E-state index in [0.717, 1.165) is 33.3 Å². The Morgan fingerprint density at radius 2 is 1.47 bits per heavy atom. The summed E-state index contributed by atoms with van der Waals surface area (Å²) in [6.07, 6.45) is 0.873. The highest BCUT2D eigenvalue weighted by atomic mass is 35.5. The molecule has 0 atom stereocenters. The lowest BCUT2D eigenvalue weighted by Gasteiger charge is -2.25. The number of ether oxygens (including phenoxy) is 1. The van der Waals surface area contributed by atoms with Crippen LogP contribution < -0.4 is 15.2 Å². The maximum Gasteiger partial charge on any atom is 0.335 e. The summed E-state index contributed by atoms with van der Waals surface area (Å²) in [4.78, 5) is 11.3. The average molecular weight is 694 g/mol. The van der Waals surface area contributed by atoms with Crippen LogP contribution in [0, 0.1) is 0 Å². The van der Waals surface area contributed by atoms with Crippen LogP contribution in [-0.2, 0) is 28.6 Å². The number of fused-ring (bicyclic) bond motifs is 1. The molecule has 6 rings (SSSR count). The molecule has 0 aliphatic rings. The molecule has 0 amide bonds. The Morgan fingerprint density at radius 3 is 2.10 bits per heavy atom. The summed E-state index contributed by atoms with van der Waals surface area (Å²) in [5.41, 5.74) is 12.2. The molecule has 1 heterocycles. The van der Waals surface area contributed by atoms with Gasteiger partial charge in [-0.2, -0.15) is 0 Å². The molecule has 49 heavy (non-hydrogen) atoms. The molecule has 0 saturated heterocycles. The molecule has 5 aromatic carbocycles. The van der Waals surface area contributed by atoms with Crippen molar-refractivity contribution in [2.45, 2.75) is 24.6 Å². The average Bonchev–Trinajstić information content (AvgIpc) is 3.38. The molecule has 8 nitrogen and oxygen atoms in total. The number of carbonyl (C=O) groups is 1. The first-order valence-corrected chi connectivity index (χ1v) is 17.9. The fourth-order valence-electron chi connectivity index (χ4n) is 6.22. The van der Waals surface area contributed by atoms with E-state index in [-0.39, 0.29) is 23.9 Å². The smallest absolute Gasteiger partial charge is 0.335 e. The van der Waals surface area contributed by atoms with Crippen molar-refractivity contribution in [1.29, 1.82) is 0 Å². The highest BCUT2D eigenvalue weighted by Gasteiger charge is 2.26. The topological polar surface area (TPSA) is 124 Å². The number of nitrogens with zero attached hydrogens (tertiary/aromatic N) is 1. The lowest BCUT2D eigenvalue weighted by molar-refractivity contribution is 0.0697. The summed E-state index contributed by atoms with van der Waals surface area (Å²) >= 11 is 6.60. The van der Waals surface area contributed by atoms with Crippen molar-refractivity contribution in [1.82, 2.24) is 9.29 Å². The van der Waals surface area contributed by atoms with Crippen LogP contribution in [0.15, 0.2) is 127 Å². The zero-order valence-electron chi connectivity index (χ0n) is 26.6. The number of anilines is 1. The minimum atomic E-state index is -3.70. The Bertz CT molecular complexity index is 2130. The Kier molecular flexibility index (Phi) is 10.3. The third kappa shape index (κ3) is 7.97. The van der Waals surface area contributed by atoms with Crippen molar-refractivity contribution in [3.8, 4) is 5.75 Å². The molecule has 0 fully saturated rings. The van der Waals surface area contributed by atoms with E-state index in [1.165, 1.54) is 12.1 Å². The summed E-state index contributed by atoms with van der Waals surface area (Å²) < 4.78 is 37.7. The largest absolute Gasteiger partial charge is 0.493 e. The van der Waals surface area contributed by atoms with Crippen molar-refractivity contribution in [2.24, 2.45) is 0 Å². The Balaban J connectivity index is 1.40. The van der Waals surface area contributed by atoms with E-state index in [9.17, 15) is 18.3 Å². The Morgan fingerprint density at radius 1 is 0.837 bits per heavy atom. The van der Waals surface area contributed by atoms with Crippen LogP contribution in [-0.4, -0.2) is 37.2 Å². The molecule has 0 saturated carbocycles. The molecule has 0 radical (unpaired) electrons. The van der Waals surface area contributed by atoms with Gasteiger partial charge in [0.25, 0.3) is 0 Å². The van der Waals surface area contributed by atoms with E-state index in [1.54, 1.807) is 36.4 Å². The van der Waals surface area contributed by atoms with Gasteiger partial charge < -0.3 is 20.1 Å². The first-order valence-electron chi connectivity index (χ1n) is 15.9. The normalized spacial score (nSPS) is 11.6. The van der Waals surface area contributed by atoms with Gasteiger partial charge in [-0.15, -0.1) is 0 Å². The van der Waals surface area contributed by atoms with Crippen molar-refractivity contribution in [2.75, 3.05) is 18.9 Å². The van der Waals surface area contributed by atoms with Crippen LogP contribution in [0.25, 0.3) is 10.9 Å². The molecule has 0 unspecified atom stereocenters. The molecule has 0 aliphatic heterocycles. The maximum atomic E-state index is 13.3. The van der Waals surface area contributed by atoms with Crippen molar-refractivity contribution in [3.63, 3.8) is 0 Å². The van der Waals surface area contributed by atoms with E-state index in [1.807, 2.05) is 54.6 Å². The number of hydrogen-bond donors (Lipinski definition) is 3. The molecule has 6 aromatic rings. The standard InChI is InChI=1S/C39H36ClN3O5S/c40-31-17-20-36-34(25-31)33(22-24-48-32-18-15-29(16-19-32)39(44)45)37(21-23-42-49(46,47)26-30-13-7-8-14-35(30)41)43(36)38(27-9-3-1-4-10-27)28-11-5-2-6-12-28/h1-20,25,38,42H,21-24,26,41H2,(H,44,45). The fraction of sp³-hybridized carbons (Fsp3) is 0.154. The van der Waals surface area contributed by atoms with Crippen LogP contribution in [0.3, 0.4) is 0 Å². The number of hydrogen-bond acceptors (Lipinski definition) is 5. The van der Waals surface area contributed by atoms with E-state index in [0.29, 0.717) is 41.5 Å². The number of halogens is 1. The number of benzene rings is 5. The second kappa shape index (κ2) is 15.0. The van der Waals surface area contributed by atoms with Gasteiger partial charge in [0.15, 0.2) is 0 Å². The quantitative estimate of drug-likeness (QED) is 0.102. The monoisotopic (exact) mass is 693 g/mol. The summed E-state index contributed by atoms with van der Waals surface area (Å²) in [5.74, 6) is -0.682. The fourth-order valence-corrected chi connectivity index (χ4v) is 7.58. The first-order chi connectivity index (χ1) is 23.7. The summed E-state index contributed by atoms with van der Waals surface area (Å²) in [7, 11) is -3.70. The van der Waals surface area contributed by atoms with Gasteiger partial charge in [-0.25, -0.2) is 17.9 Å². The predicted molar refractivity (Wildman–Crippen MR) is 195 cm³/mol. The number of sulfonamides is 1. The Hall–Kier alpha value is -5.09. The minimum Gasteiger partial charge on any atom is -0.493 e. The zero-order valence-corrected chi connectivity index (χ0v) is 28.2. The van der Waals surface area contributed by atoms with Gasteiger partial charge in [0.2, 0.25) is 10.0 Å². The molecular weight excluding hydrogens is 658 g/mol. The highest BCUT2D eigenvalue weighted by molar-refractivity contribution is 7.88. The summed E-state index contributed by atoms with van der Waals surface area (Å²) in [5, 5.41) is 10.8. The number of aromatic carboxylic acids is 1. The van der Waals surface area contributed by atoms with Gasteiger partial charge >= 0.3 is 5.97 Å². The van der Waals surface area contributed by atoms with Gasteiger partial charge in [0, 0.05) is 46.7 Å². The van der Waals surface area contributed by atoms with Crippen molar-refractivity contribution >= 4 is 44.2 Å². The molecule has 0 spiro atoms. The lowest BCUT2D eigenvalue weighted by Crippen LogP contribution is -2.28. The van der Waals surface area contributed by atoms with Gasteiger partial charge in [0.1, 0.15) is 5.75 Å². The molecule has 250 valence electrons. The van der Waals surface area contributed by atoms with E-state index >= 15 is 0 Å². The van der Waals surface area contributed by atoms with Crippen molar-refractivity contribution in [3.05, 3.63) is 166 Å². The van der Waals surface area contributed by atoms with E-state index in [2.05, 4.69) is 33.6 Å². The predicted octanol–water partition coefficient (Wildman–Crippen LogP) is 7.50. The zero-order chi connectivity index (χ0) is 34.4. The van der Waals surface area contributed by atoms with Crippen molar-refractivity contribution < 1.29 is 23.1 Å². The van der Waals surface area contributed by atoms with Crippen LogP contribution in [0.1, 0.15) is 44.3 Å². The number of carboxylic acid groups (broad SMARTS) is 1. The molecular formula is C39H36ClN3O5S. The molecule has 10 heteroatoms. The van der Waals surface area contributed by atoms with E-state index < -0.39 is 16.0 Å². The SMILES string of the molecule is Nc1ccccc1CS(=O)(=O)NCCc1c(CCOc2ccc(C(=O)O)cc2)c2cc(Cl)ccc2n1C(c1ccccc1)c1ccccc1. The molecule has 4 N–H and O–H groups in total. The third-order valence-corrected chi connectivity index (χ3v) is 10.0. The molecule has 0 aliphatic carbocycles. The van der Waals surface area contributed by atoms with Crippen LogP contribution in [0.4, 0.5) is 5.69 Å². The first kappa shape index (κ1) is 33.8. The number of nitrogens with one attached hydrogen (secondary N) is 1. The van der Waals surface area contributed by atoms with Gasteiger partial charge in [-0.3, -0.25) is 0 Å². The number of nitrogens with two attached hydrogens (primary N) is 1. The second-order valence-corrected chi connectivity index (χ2v) is 14.0. The van der Waals surface area contributed by atoms with Crippen LogP contribution >= 0.6 is 11.6 Å². The number of carboxylic acids is 1. The van der Waals surface area contributed by atoms with Gasteiger partial charge in [-0.1, -0.05) is 90.5 Å².